The van der Waals surface area contributed by atoms with Gasteiger partial charge in [-0.2, -0.15) is 13.2 Å². The van der Waals surface area contributed by atoms with Crippen LogP contribution in [0.25, 0.3) is 16.8 Å². The first-order valence-corrected chi connectivity index (χ1v) is 14.6. The van der Waals surface area contributed by atoms with Gasteiger partial charge in [-0.3, -0.25) is 4.79 Å². The predicted octanol–water partition coefficient (Wildman–Crippen LogP) is 6.30. The Balaban J connectivity index is 1.75. The number of nitrogen functional groups attached to an aromatic ring is 1. The van der Waals surface area contributed by atoms with E-state index in [2.05, 4.69) is 9.97 Å². The van der Waals surface area contributed by atoms with Crippen LogP contribution in [0.1, 0.15) is 49.2 Å². The smallest absolute Gasteiger partial charge is 0.392 e. The number of pyridine rings is 2. The van der Waals surface area contributed by atoms with Crippen LogP contribution in [0.5, 0.6) is 5.75 Å². The number of ether oxygens (including phenoxy) is 1. The Bertz CT molecular complexity index is 1590. The Hall–Kier alpha value is -3.80. The van der Waals surface area contributed by atoms with E-state index in [1.165, 1.54) is 48.5 Å². The van der Waals surface area contributed by atoms with Crippen molar-refractivity contribution in [2.75, 3.05) is 18.1 Å². The first-order valence-electron chi connectivity index (χ1n) is 12.9. The molecule has 0 radical (unpaired) electrons. The van der Waals surface area contributed by atoms with Gasteiger partial charge in [0.1, 0.15) is 23.1 Å². The van der Waals surface area contributed by atoms with Crippen LogP contribution in [0.15, 0.2) is 59.6 Å². The van der Waals surface area contributed by atoms with E-state index in [1.807, 2.05) is 13.8 Å². The number of aromatic nitrogens is 2. The molecular formula is C29H29F4N3O4S. The number of carbonyl (C=O) groups excluding carboxylic acids is 1. The molecule has 2 aromatic heterocycles. The van der Waals surface area contributed by atoms with Gasteiger partial charge in [-0.1, -0.05) is 26.0 Å². The van der Waals surface area contributed by atoms with E-state index < -0.39 is 39.3 Å². The molecule has 2 heterocycles. The number of halogens is 4. The quantitative estimate of drug-likeness (QED) is 0.230. The highest BCUT2D eigenvalue weighted by Crippen LogP contribution is 2.40. The zero-order valence-electron chi connectivity index (χ0n) is 22.4. The largest absolute Gasteiger partial charge is 0.493 e. The average Bonchev–Trinajstić information content (AvgIpc) is 2.90. The van der Waals surface area contributed by atoms with Crippen LogP contribution in [0, 0.1) is 17.7 Å². The lowest BCUT2D eigenvalue weighted by atomic mass is 9.86. The number of hydrogen-bond acceptors (Lipinski definition) is 7. The Kier molecular flexibility index (Phi) is 8.81. The maximum absolute atomic E-state index is 14.5. The van der Waals surface area contributed by atoms with Gasteiger partial charge in [-0.15, -0.1) is 0 Å². The number of Topliss-reactive ketones (excluding diaryl/α,β-unsaturated/α-hetero) is 1. The van der Waals surface area contributed by atoms with Crippen LogP contribution in [0.3, 0.4) is 0 Å². The zero-order valence-corrected chi connectivity index (χ0v) is 23.2. The molecule has 41 heavy (non-hydrogen) atoms. The van der Waals surface area contributed by atoms with Gasteiger partial charge >= 0.3 is 6.18 Å². The number of rotatable bonds is 9. The molecule has 3 aromatic rings. The van der Waals surface area contributed by atoms with Crippen LogP contribution in [-0.4, -0.2) is 42.7 Å². The minimum absolute atomic E-state index is 0.0314. The van der Waals surface area contributed by atoms with Crippen molar-refractivity contribution in [3.8, 4) is 17.0 Å². The summed E-state index contributed by atoms with van der Waals surface area (Å²) in [5.74, 6) is -3.48. The molecule has 1 unspecified atom stereocenters. The molecule has 4 rings (SSSR count). The number of anilines is 1. The van der Waals surface area contributed by atoms with Gasteiger partial charge in [-0.05, 0) is 67.2 Å². The molecular weight excluding hydrogens is 562 g/mol. The first kappa shape index (κ1) is 30.2. The Morgan fingerprint density at radius 1 is 1.12 bits per heavy atom. The van der Waals surface area contributed by atoms with Crippen LogP contribution < -0.4 is 10.5 Å². The summed E-state index contributed by atoms with van der Waals surface area (Å²) in [4.78, 5) is 21.7. The number of ketones is 1. The van der Waals surface area contributed by atoms with Crippen LogP contribution >= 0.6 is 0 Å². The summed E-state index contributed by atoms with van der Waals surface area (Å²) in [5.41, 5.74) is 6.51. The Labute approximate surface area is 235 Å². The molecule has 0 saturated heterocycles. The highest BCUT2D eigenvalue weighted by atomic mass is 32.2. The van der Waals surface area contributed by atoms with Crippen LogP contribution in [0.2, 0.25) is 0 Å². The van der Waals surface area contributed by atoms with E-state index in [9.17, 15) is 30.8 Å². The normalized spacial score (nSPS) is 16.0. The number of nitrogens with two attached hydrogens (primary N) is 1. The van der Waals surface area contributed by atoms with Crippen molar-refractivity contribution in [1.82, 2.24) is 9.97 Å². The van der Waals surface area contributed by atoms with Crippen molar-refractivity contribution in [3.63, 3.8) is 0 Å². The van der Waals surface area contributed by atoms with E-state index in [0.717, 1.165) is 0 Å². The molecule has 7 nitrogen and oxygen atoms in total. The minimum Gasteiger partial charge on any atom is -0.493 e. The lowest BCUT2D eigenvalue weighted by molar-refractivity contribution is -0.175. The summed E-state index contributed by atoms with van der Waals surface area (Å²) in [7, 11) is -4.20. The first-order chi connectivity index (χ1) is 19.2. The molecule has 0 saturated carbocycles. The molecule has 0 spiro atoms. The monoisotopic (exact) mass is 591 g/mol. The number of sulfone groups is 1. The lowest BCUT2D eigenvalue weighted by Crippen LogP contribution is -2.25. The molecule has 1 aliphatic rings. The highest BCUT2D eigenvalue weighted by Gasteiger charge is 2.40. The zero-order chi connectivity index (χ0) is 29.9. The van der Waals surface area contributed by atoms with E-state index in [4.69, 9.17) is 10.5 Å². The lowest BCUT2D eigenvalue weighted by Gasteiger charge is -2.25. The van der Waals surface area contributed by atoms with E-state index >= 15 is 0 Å². The molecule has 0 fully saturated rings. The summed E-state index contributed by atoms with van der Waals surface area (Å²) >= 11 is 0. The van der Waals surface area contributed by atoms with Crippen LogP contribution in [0.4, 0.5) is 23.4 Å². The standard InChI is InChI=1S/C29H29F4N3O4S/c1-17(2)15-40-22-13-19(12-21(30)14-22)24-11-10-23(25(37)16-41(38,39)27-5-3-4-26(34)36-27)28(35-24)18-6-8-20(9-7-18)29(31,32)33/h3-6,10-14,17,20H,7-9,15-16H2,1-2H3,(H2,34,36). The molecule has 1 aliphatic carbocycles. The van der Waals surface area contributed by atoms with E-state index in [1.54, 1.807) is 6.07 Å². The molecule has 2 N–H and O–H groups in total. The summed E-state index contributed by atoms with van der Waals surface area (Å²) in [6, 6.07) is 10.8. The second-order valence-corrected chi connectivity index (χ2v) is 12.2. The van der Waals surface area contributed by atoms with Crippen LogP contribution in [-0.2, 0) is 9.84 Å². The SMILES string of the molecule is CC(C)COc1cc(F)cc(-c2ccc(C(=O)CS(=O)(=O)c3cccc(N)n3)c(C3=CCC(C(F)(F)F)CC3)n2)c1. The second kappa shape index (κ2) is 12.0. The maximum atomic E-state index is 14.5. The predicted molar refractivity (Wildman–Crippen MR) is 146 cm³/mol. The second-order valence-electron chi connectivity index (χ2n) is 10.3. The molecule has 0 aliphatic heterocycles. The number of nitrogens with zero attached hydrogens (tertiary/aromatic N) is 2. The van der Waals surface area contributed by atoms with Gasteiger partial charge in [0, 0.05) is 17.2 Å². The number of allylic oxidation sites excluding steroid dienone is 2. The topological polar surface area (TPSA) is 112 Å². The maximum Gasteiger partial charge on any atom is 0.392 e. The van der Waals surface area contributed by atoms with E-state index in [0.29, 0.717) is 17.7 Å². The van der Waals surface area contributed by atoms with Crippen molar-refractivity contribution in [1.29, 1.82) is 0 Å². The summed E-state index contributed by atoms with van der Waals surface area (Å²) in [5, 5.41) is -0.379. The third-order valence-electron chi connectivity index (χ3n) is 6.51. The number of benzene rings is 1. The summed E-state index contributed by atoms with van der Waals surface area (Å²) in [6.45, 7) is 4.22. The number of hydrogen-bond donors (Lipinski definition) is 1. The van der Waals surface area contributed by atoms with Gasteiger partial charge in [-0.25, -0.2) is 22.8 Å². The van der Waals surface area contributed by atoms with Crippen molar-refractivity contribution < 1.29 is 35.5 Å². The molecule has 218 valence electrons. The number of carbonyl (C=O) groups is 1. The van der Waals surface area contributed by atoms with Gasteiger partial charge < -0.3 is 10.5 Å². The Morgan fingerprint density at radius 3 is 2.51 bits per heavy atom. The van der Waals surface area contributed by atoms with Crippen molar-refractivity contribution >= 4 is 27.0 Å². The van der Waals surface area contributed by atoms with Gasteiger partial charge in [0.2, 0.25) is 9.84 Å². The molecule has 0 amide bonds. The van der Waals surface area contributed by atoms with Crippen molar-refractivity contribution in [2.45, 2.75) is 44.3 Å². The van der Waals surface area contributed by atoms with Gasteiger partial charge in [0.25, 0.3) is 0 Å². The molecule has 0 bridgehead atoms. The molecule has 12 heteroatoms. The summed E-state index contributed by atoms with van der Waals surface area (Å²) in [6.07, 6.45) is -3.55. The Morgan fingerprint density at radius 2 is 1.88 bits per heavy atom. The molecule has 1 aromatic carbocycles. The average molecular weight is 592 g/mol. The summed E-state index contributed by atoms with van der Waals surface area (Å²) < 4.78 is 85.9. The van der Waals surface area contributed by atoms with Crippen molar-refractivity contribution in [2.24, 2.45) is 11.8 Å². The highest BCUT2D eigenvalue weighted by molar-refractivity contribution is 7.92. The van der Waals surface area contributed by atoms with E-state index in [-0.39, 0.29) is 58.7 Å². The van der Waals surface area contributed by atoms with Gasteiger partial charge in [0.15, 0.2) is 10.8 Å². The fourth-order valence-corrected chi connectivity index (χ4v) is 5.60. The fourth-order valence-electron chi connectivity index (χ4n) is 4.42. The number of alkyl halides is 3. The minimum atomic E-state index is -4.37. The van der Waals surface area contributed by atoms with Gasteiger partial charge in [0.05, 0.1) is 23.9 Å². The third-order valence-corrected chi connectivity index (χ3v) is 8.02. The molecule has 1 atom stereocenters. The fraction of sp³-hybridized carbons (Fsp3) is 0.345. The van der Waals surface area contributed by atoms with Crippen molar-refractivity contribution in [3.05, 3.63) is 71.7 Å². The third kappa shape index (κ3) is 7.49.